The number of halogens is 1. The summed E-state index contributed by atoms with van der Waals surface area (Å²) in [7, 11) is 0. The van der Waals surface area contributed by atoms with Gasteiger partial charge in [0.1, 0.15) is 5.82 Å². The van der Waals surface area contributed by atoms with Crippen LogP contribution in [-0.2, 0) is 0 Å². The van der Waals surface area contributed by atoms with Crippen LogP contribution in [0, 0.1) is 22.0 Å². The third kappa shape index (κ3) is 1.91. The van der Waals surface area contributed by atoms with Gasteiger partial charge >= 0.3 is 0 Å². The van der Waals surface area contributed by atoms with Gasteiger partial charge in [-0.25, -0.2) is 4.39 Å². The molecule has 0 saturated carbocycles. The fourth-order valence-corrected chi connectivity index (χ4v) is 1.44. The van der Waals surface area contributed by atoms with Gasteiger partial charge in [0.05, 0.1) is 10.5 Å². The lowest BCUT2D eigenvalue weighted by Gasteiger charge is -2.02. The zero-order chi connectivity index (χ0) is 11.5. The highest BCUT2D eigenvalue weighted by atomic mass is 19.1. The van der Waals surface area contributed by atoms with Gasteiger partial charge in [0, 0.05) is 6.07 Å². The van der Waals surface area contributed by atoms with Crippen LogP contribution in [0.4, 0.5) is 10.1 Å². The Hall–Kier alpha value is -2.23. The molecule has 1 radical (unpaired) electrons. The third-order valence-corrected chi connectivity index (χ3v) is 2.19. The minimum absolute atomic E-state index is 0.00893. The molecule has 0 spiro atoms. The van der Waals surface area contributed by atoms with Gasteiger partial charge in [-0.2, -0.15) is 0 Å². The lowest BCUT2D eigenvalue weighted by molar-refractivity contribution is -0.384. The monoisotopic (exact) mass is 216 g/mol. The first-order chi connectivity index (χ1) is 7.68. The Bertz CT molecular complexity index is 523. The van der Waals surface area contributed by atoms with E-state index in [9.17, 15) is 14.5 Å². The van der Waals surface area contributed by atoms with Crippen molar-refractivity contribution in [2.45, 2.75) is 0 Å². The Morgan fingerprint density at radius 1 is 1.19 bits per heavy atom. The van der Waals surface area contributed by atoms with Gasteiger partial charge in [0.2, 0.25) is 0 Å². The molecule has 0 unspecified atom stereocenters. The molecule has 2 rings (SSSR count). The summed E-state index contributed by atoms with van der Waals surface area (Å²) in [4.78, 5) is 10.3. The maximum Gasteiger partial charge on any atom is 0.277 e. The van der Waals surface area contributed by atoms with Crippen molar-refractivity contribution in [1.29, 1.82) is 0 Å². The molecule has 0 heterocycles. The Balaban J connectivity index is 2.55. The molecule has 2 aromatic rings. The van der Waals surface area contributed by atoms with Gasteiger partial charge in [0.25, 0.3) is 5.69 Å². The lowest BCUT2D eigenvalue weighted by Crippen LogP contribution is -1.91. The quantitative estimate of drug-likeness (QED) is 0.571. The molecule has 0 atom stereocenters. The Labute approximate surface area is 91.3 Å². The van der Waals surface area contributed by atoms with Crippen LogP contribution < -0.4 is 0 Å². The highest BCUT2D eigenvalue weighted by Gasteiger charge is 2.13. The molecular weight excluding hydrogens is 209 g/mol. The predicted octanol–water partition coefficient (Wildman–Crippen LogP) is 3.20. The molecule has 16 heavy (non-hydrogen) atoms. The molecule has 0 amide bonds. The second-order valence-corrected chi connectivity index (χ2v) is 3.21. The van der Waals surface area contributed by atoms with Crippen molar-refractivity contribution in [3.05, 3.63) is 64.5 Å². The maximum atomic E-state index is 12.7. The van der Waals surface area contributed by atoms with E-state index in [4.69, 9.17) is 0 Å². The fraction of sp³-hybridized carbons (Fsp3) is 0. The standard InChI is InChI=1S/C12H7FNO2/c13-10-7-5-9(6-8-10)11-3-1-2-4-12(11)14(15)16/h2-8H. The summed E-state index contributed by atoms with van der Waals surface area (Å²) in [5.41, 5.74) is 1.03. The highest BCUT2D eigenvalue weighted by Crippen LogP contribution is 2.28. The average molecular weight is 216 g/mol. The largest absolute Gasteiger partial charge is 0.277 e. The van der Waals surface area contributed by atoms with Crippen molar-refractivity contribution in [1.82, 2.24) is 0 Å². The van der Waals surface area contributed by atoms with Crippen molar-refractivity contribution in [2.24, 2.45) is 0 Å². The normalized spacial score (nSPS) is 10.1. The van der Waals surface area contributed by atoms with Gasteiger partial charge in [-0.1, -0.05) is 12.1 Å². The van der Waals surface area contributed by atoms with Crippen LogP contribution in [0.5, 0.6) is 0 Å². The Kier molecular flexibility index (Phi) is 2.64. The summed E-state index contributed by atoms with van der Waals surface area (Å²) < 4.78 is 12.7. The lowest BCUT2D eigenvalue weighted by atomic mass is 10.0. The van der Waals surface area contributed by atoms with E-state index in [1.54, 1.807) is 0 Å². The number of rotatable bonds is 2. The predicted molar refractivity (Wildman–Crippen MR) is 57.3 cm³/mol. The van der Waals surface area contributed by atoms with E-state index in [1.807, 2.05) is 0 Å². The molecule has 0 aliphatic carbocycles. The van der Waals surface area contributed by atoms with Crippen molar-refractivity contribution < 1.29 is 9.31 Å². The number of hydrogen-bond acceptors (Lipinski definition) is 2. The van der Waals surface area contributed by atoms with Gasteiger partial charge in [-0.3, -0.25) is 10.1 Å². The van der Waals surface area contributed by atoms with Gasteiger partial charge in [0.15, 0.2) is 0 Å². The molecule has 0 N–H and O–H groups in total. The van der Waals surface area contributed by atoms with Crippen LogP contribution in [0.15, 0.2) is 42.5 Å². The second-order valence-electron chi connectivity index (χ2n) is 3.21. The smallest absolute Gasteiger partial charge is 0.258 e. The van der Waals surface area contributed by atoms with E-state index in [2.05, 4.69) is 6.07 Å². The zero-order valence-corrected chi connectivity index (χ0v) is 8.18. The molecule has 3 nitrogen and oxygen atoms in total. The summed E-state index contributed by atoms with van der Waals surface area (Å²) in [6.45, 7) is 0. The number of benzene rings is 2. The molecule has 0 aliphatic heterocycles. The molecule has 0 fully saturated rings. The number of nitro benzene ring substituents is 1. The van der Waals surface area contributed by atoms with Gasteiger partial charge < -0.3 is 0 Å². The van der Waals surface area contributed by atoms with E-state index >= 15 is 0 Å². The van der Waals surface area contributed by atoms with E-state index in [0.29, 0.717) is 11.1 Å². The first-order valence-electron chi connectivity index (χ1n) is 4.59. The van der Waals surface area contributed by atoms with E-state index in [1.165, 1.54) is 42.5 Å². The molecule has 2 aromatic carbocycles. The molecular formula is C12H7FNO2. The van der Waals surface area contributed by atoms with Crippen molar-refractivity contribution in [3.8, 4) is 11.1 Å². The molecule has 0 bridgehead atoms. The summed E-state index contributed by atoms with van der Waals surface area (Å²) >= 11 is 0. The third-order valence-electron chi connectivity index (χ3n) is 2.19. The minimum atomic E-state index is -0.466. The SMILES string of the molecule is O=[N+]([O-])c1cc[c]cc1-c1ccc(F)cc1. The molecule has 79 valence electrons. The first kappa shape index (κ1) is 10.3. The van der Waals surface area contributed by atoms with Gasteiger partial charge in [-0.05, 0) is 35.9 Å². The second kappa shape index (κ2) is 4.10. The van der Waals surface area contributed by atoms with Crippen molar-refractivity contribution in [3.63, 3.8) is 0 Å². The van der Waals surface area contributed by atoms with Crippen LogP contribution >= 0.6 is 0 Å². The number of hydrogen-bond donors (Lipinski definition) is 0. The Morgan fingerprint density at radius 3 is 2.50 bits per heavy atom. The molecule has 4 heteroatoms. The summed E-state index contributed by atoms with van der Waals surface area (Å²) in [6, 6.07) is 12.7. The van der Waals surface area contributed by atoms with Crippen LogP contribution in [-0.4, -0.2) is 4.92 Å². The van der Waals surface area contributed by atoms with Crippen LogP contribution in [0.3, 0.4) is 0 Å². The van der Waals surface area contributed by atoms with E-state index < -0.39 is 4.92 Å². The Morgan fingerprint density at radius 2 is 1.88 bits per heavy atom. The average Bonchev–Trinajstić information content (AvgIpc) is 2.30. The van der Waals surface area contributed by atoms with Gasteiger partial charge in [-0.15, -0.1) is 0 Å². The van der Waals surface area contributed by atoms with E-state index in [0.717, 1.165) is 0 Å². The van der Waals surface area contributed by atoms with Crippen LogP contribution in [0.1, 0.15) is 0 Å². The molecule has 0 aliphatic rings. The minimum Gasteiger partial charge on any atom is -0.258 e. The molecule has 0 saturated heterocycles. The highest BCUT2D eigenvalue weighted by molar-refractivity contribution is 5.73. The van der Waals surface area contributed by atoms with E-state index in [-0.39, 0.29) is 11.5 Å². The number of nitro groups is 1. The van der Waals surface area contributed by atoms with Crippen LogP contribution in [0.2, 0.25) is 0 Å². The summed E-state index contributed by atoms with van der Waals surface area (Å²) in [5, 5.41) is 10.8. The summed E-state index contributed by atoms with van der Waals surface area (Å²) in [6.07, 6.45) is 0. The first-order valence-corrected chi connectivity index (χ1v) is 4.59. The molecule has 0 aromatic heterocycles. The van der Waals surface area contributed by atoms with Crippen molar-refractivity contribution in [2.75, 3.05) is 0 Å². The fourth-order valence-electron chi connectivity index (χ4n) is 1.44. The van der Waals surface area contributed by atoms with Crippen molar-refractivity contribution >= 4 is 5.69 Å². The topological polar surface area (TPSA) is 43.1 Å². The number of nitrogens with zero attached hydrogens (tertiary/aromatic N) is 1. The zero-order valence-electron chi connectivity index (χ0n) is 8.18. The maximum absolute atomic E-state index is 12.7. The van der Waals surface area contributed by atoms with Crippen LogP contribution in [0.25, 0.3) is 11.1 Å². The summed E-state index contributed by atoms with van der Waals surface area (Å²) in [5.74, 6) is -0.369.